The molecule has 1 aliphatic carbocycles. The lowest BCUT2D eigenvalue weighted by Gasteiger charge is -2.34. The van der Waals surface area contributed by atoms with Gasteiger partial charge in [0.2, 0.25) is 5.60 Å². The molecular weight excluding hydrogens is 268 g/mol. The maximum Gasteiger partial charge on any atom is 0.350 e. The number of carbonyl (C=O) groups excluding carboxylic acids is 1. The van der Waals surface area contributed by atoms with Gasteiger partial charge in [-0.2, -0.15) is 0 Å². The van der Waals surface area contributed by atoms with Crippen molar-refractivity contribution in [3.05, 3.63) is 29.8 Å². The van der Waals surface area contributed by atoms with Crippen LogP contribution in [0, 0.1) is 0 Å². The number of methoxy groups -OCH3 is 1. The van der Waals surface area contributed by atoms with Crippen molar-refractivity contribution in [2.45, 2.75) is 50.5 Å². The molecule has 2 rings (SSSR count). The predicted octanol–water partition coefficient (Wildman–Crippen LogP) is 2.87. The zero-order valence-electron chi connectivity index (χ0n) is 12.6. The third-order valence-electron chi connectivity index (χ3n) is 4.08. The van der Waals surface area contributed by atoms with Crippen molar-refractivity contribution >= 4 is 5.97 Å². The van der Waals surface area contributed by atoms with Crippen molar-refractivity contribution in [1.29, 1.82) is 0 Å². The minimum absolute atomic E-state index is 0.198. The number of esters is 1. The average Bonchev–Trinajstić information content (AvgIpc) is 2.54. The van der Waals surface area contributed by atoms with E-state index in [4.69, 9.17) is 14.6 Å². The van der Waals surface area contributed by atoms with Crippen LogP contribution in [0.4, 0.5) is 0 Å². The Bertz CT molecular complexity index is 446. The Kier molecular flexibility index (Phi) is 5.62. The van der Waals surface area contributed by atoms with Crippen molar-refractivity contribution in [3.8, 4) is 5.75 Å². The molecular formula is C17H24O4. The van der Waals surface area contributed by atoms with Gasteiger partial charge >= 0.3 is 5.97 Å². The van der Waals surface area contributed by atoms with Gasteiger partial charge in [0.25, 0.3) is 0 Å². The molecule has 4 nitrogen and oxygen atoms in total. The molecule has 0 heterocycles. The first-order valence-corrected chi connectivity index (χ1v) is 7.67. The first-order valence-electron chi connectivity index (χ1n) is 7.67. The molecule has 0 radical (unpaired) electrons. The number of carbonyl (C=O) groups is 1. The summed E-state index contributed by atoms with van der Waals surface area (Å²) in [4.78, 5) is 12.1. The van der Waals surface area contributed by atoms with E-state index in [0.29, 0.717) is 18.6 Å². The molecule has 0 unspecified atom stereocenters. The van der Waals surface area contributed by atoms with Crippen LogP contribution in [0.25, 0.3) is 0 Å². The Hall–Kier alpha value is -1.55. The van der Waals surface area contributed by atoms with E-state index in [1.165, 1.54) is 7.11 Å². The van der Waals surface area contributed by atoms with Gasteiger partial charge in [0.15, 0.2) is 0 Å². The highest BCUT2D eigenvalue weighted by Gasteiger charge is 2.43. The van der Waals surface area contributed by atoms with E-state index >= 15 is 0 Å². The highest BCUT2D eigenvalue weighted by atomic mass is 16.6. The van der Waals surface area contributed by atoms with Crippen LogP contribution in [0.3, 0.4) is 0 Å². The van der Waals surface area contributed by atoms with Crippen molar-refractivity contribution < 1.29 is 19.4 Å². The van der Waals surface area contributed by atoms with Crippen molar-refractivity contribution in [2.24, 2.45) is 0 Å². The number of ether oxygens (including phenoxy) is 2. The molecule has 21 heavy (non-hydrogen) atoms. The summed E-state index contributed by atoms with van der Waals surface area (Å²) in [6.45, 7) is 0.198. The maximum atomic E-state index is 12.1. The SMILES string of the molecule is COC(=O)C1(Oc2ccc(CCCO)cc2)CCCCC1. The fraction of sp³-hybridized carbons (Fsp3) is 0.588. The second-order valence-corrected chi connectivity index (χ2v) is 5.62. The highest BCUT2D eigenvalue weighted by molar-refractivity contribution is 5.80. The van der Waals surface area contributed by atoms with Gasteiger partial charge in [-0.05, 0) is 56.2 Å². The molecule has 0 spiro atoms. The standard InChI is InChI=1S/C17H24O4/c1-20-16(19)17(11-3-2-4-12-17)21-15-9-7-14(8-10-15)6-5-13-18/h7-10,18H,2-6,11-13H2,1H3. The fourth-order valence-corrected chi connectivity index (χ4v) is 2.89. The molecule has 1 fully saturated rings. The van der Waals surface area contributed by atoms with Gasteiger partial charge in [-0.3, -0.25) is 0 Å². The number of benzene rings is 1. The Labute approximate surface area is 126 Å². The van der Waals surface area contributed by atoms with Crippen LogP contribution in [0.1, 0.15) is 44.1 Å². The Morgan fingerprint density at radius 2 is 1.86 bits per heavy atom. The number of aliphatic hydroxyl groups excluding tert-OH is 1. The molecule has 1 aromatic rings. The van der Waals surface area contributed by atoms with Crippen molar-refractivity contribution in [3.63, 3.8) is 0 Å². The van der Waals surface area contributed by atoms with Crippen LogP contribution in [0.15, 0.2) is 24.3 Å². The van der Waals surface area contributed by atoms with E-state index in [1.807, 2.05) is 24.3 Å². The largest absolute Gasteiger partial charge is 0.476 e. The molecule has 0 atom stereocenters. The van der Waals surface area contributed by atoms with Gasteiger partial charge < -0.3 is 14.6 Å². The Morgan fingerprint density at radius 3 is 2.43 bits per heavy atom. The molecule has 0 aromatic heterocycles. The average molecular weight is 292 g/mol. The third-order valence-corrected chi connectivity index (χ3v) is 4.08. The molecule has 1 aliphatic rings. The van der Waals surface area contributed by atoms with Gasteiger partial charge in [0, 0.05) is 6.61 Å². The Balaban J connectivity index is 2.07. The minimum Gasteiger partial charge on any atom is -0.476 e. The van der Waals surface area contributed by atoms with Crippen LogP contribution in [0.5, 0.6) is 5.75 Å². The van der Waals surface area contributed by atoms with E-state index in [0.717, 1.165) is 37.7 Å². The molecule has 1 saturated carbocycles. The maximum absolute atomic E-state index is 12.1. The topological polar surface area (TPSA) is 55.8 Å². The van der Waals surface area contributed by atoms with Crippen LogP contribution in [-0.4, -0.2) is 30.4 Å². The Morgan fingerprint density at radius 1 is 1.19 bits per heavy atom. The lowest BCUT2D eigenvalue weighted by atomic mass is 9.84. The van der Waals surface area contributed by atoms with Crippen LogP contribution in [0.2, 0.25) is 0 Å². The molecule has 0 aliphatic heterocycles. The molecule has 4 heteroatoms. The van der Waals surface area contributed by atoms with Gasteiger partial charge in [0.05, 0.1) is 7.11 Å². The number of aliphatic hydroxyl groups is 1. The second-order valence-electron chi connectivity index (χ2n) is 5.62. The summed E-state index contributed by atoms with van der Waals surface area (Å²) < 4.78 is 11.0. The zero-order valence-corrected chi connectivity index (χ0v) is 12.6. The van der Waals surface area contributed by atoms with Gasteiger partial charge in [-0.25, -0.2) is 4.79 Å². The van der Waals surface area contributed by atoms with Gasteiger partial charge in [-0.1, -0.05) is 18.6 Å². The van der Waals surface area contributed by atoms with Crippen LogP contribution >= 0.6 is 0 Å². The predicted molar refractivity (Wildman–Crippen MR) is 80.3 cm³/mol. The van der Waals surface area contributed by atoms with E-state index in [9.17, 15) is 4.79 Å². The minimum atomic E-state index is -0.820. The molecule has 1 N–H and O–H groups in total. The first-order chi connectivity index (χ1) is 10.2. The monoisotopic (exact) mass is 292 g/mol. The van der Waals surface area contributed by atoms with E-state index in [1.54, 1.807) is 0 Å². The molecule has 116 valence electrons. The quantitative estimate of drug-likeness (QED) is 0.819. The lowest BCUT2D eigenvalue weighted by molar-refractivity contribution is -0.162. The van der Waals surface area contributed by atoms with Crippen LogP contribution in [-0.2, 0) is 16.0 Å². The molecule has 1 aromatic carbocycles. The lowest BCUT2D eigenvalue weighted by Crippen LogP contribution is -2.47. The summed E-state index contributed by atoms with van der Waals surface area (Å²) in [5.41, 5.74) is 0.340. The number of hydrogen-bond acceptors (Lipinski definition) is 4. The molecule has 0 bridgehead atoms. The second kappa shape index (κ2) is 7.46. The smallest absolute Gasteiger partial charge is 0.350 e. The molecule has 0 saturated heterocycles. The zero-order chi connectivity index (χ0) is 15.1. The number of rotatable bonds is 6. The fourth-order valence-electron chi connectivity index (χ4n) is 2.89. The summed E-state index contributed by atoms with van der Waals surface area (Å²) in [5, 5.41) is 8.84. The first kappa shape index (κ1) is 15.8. The normalized spacial score (nSPS) is 17.2. The van der Waals surface area contributed by atoms with Gasteiger partial charge in [-0.15, -0.1) is 0 Å². The number of hydrogen-bond donors (Lipinski definition) is 1. The summed E-state index contributed by atoms with van der Waals surface area (Å²) in [6.07, 6.45) is 6.15. The summed E-state index contributed by atoms with van der Waals surface area (Å²) in [7, 11) is 1.42. The van der Waals surface area contributed by atoms with Crippen molar-refractivity contribution in [2.75, 3.05) is 13.7 Å². The number of aryl methyl sites for hydroxylation is 1. The van der Waals surface area contributed by atoms with E-state index in [-0.39, 0.29) is 12.6 Å². The van der Waals surface area contributed by atoms with Gasteiger partial charge in [0.1, 0.15) is 5.75 Å². The third kappa shape index (κ3) is 3.97. The summed E-state index contributed by atoms with van der Waals surface area (Å²) in [5.74, 6) is 0.432. The van der Waals surface area contributed by atoms with Crippen molar-refractivity contribution in [1.82, 2.24) is 0 Å². The molecule has 0 amide bonds. The van der Waals surface area contributed by atoms with E-state index < -0.39 is 5.60 Å². The van der Waals surface area contributed by atoms with E-state index in [2.05, 4.69) is 0 Å². The van der Waals surface area contributed by atoms with Crippen LogP contribution < -0.4 is 4.74 Å². The summed E-state index contributed by atoms with van der Waals surface area (Å²) >= 11 is 0. The highest BCUT2D eigenvalue weighted by Crippen LogP contribution is 2.34. The summed E-state index contributed by atoms with van der Waals surface area (Å²) in [6, 6.07) is 7.76.